The van der Waals surface area contributed by atoms with E-state index >= 15 is 0 Å². The summed E-state index contributed by atoms with van der Waals surface area (Å²) >= 11 is 0. The van der Waals surface area contributed by atoms with E-state index in [0.717, 1.165) is 24.2 Å². The summed E-state index contributed by atoms with van der Waals surface area (Å²) < 4.78 is 5.00. The third-order valence-electron chi connectivity index (χ3n) is 3.10. The van der Waals surface area contributed by atoms with Gasteiger partial charge in [-0.2, -0.15) is 0 Å². The predicted octanol–water partition coefficient (Wildman–Crippen LogP) is 2.95. The quantitative estimate of drug-likeness (QED) is 0.726. The molecule has 0 radical (unpaired) electrons. The Morgan fingerprint density at radius 3 is 2.44 bits per heavy atom. The van der Waals surface area contributed by atoms with Crippen molar-refractivity contribution in [3.8, 4) is 0 Å². The Hall–Kier alpha value is -1.51. The van der Waals surface area contributed by atoms with Crippen molar-refractivity contribution < 1.29 is 9.53 Å². The van der Waals surface area contributed by atoms with Gasteiger partial charge in [0.2, 0.25) is 0 Å². The highest BCUT2D eigenvalue weighted by Crippen LogP contribution is 2.20. The molecule has 3 nitrogen and oxygen atoms in total. The zero-order valence-corrected chi connectivity index (χ0v) is 11.8. The molecule has 0 N–H and O–H groups in total. The van der Waals surface area contributed by atoms with Crippen LogP contribution in [0.25, 0.3) is 0 Å². The summed E-state index contributed by atoms with van der Waals surface area (Å²) in [6.45, 7) is 10.5. The number of ether oxygens (including phenoxy) is 1. The van der Waals surface area contributed by atoms with Crippen LogP contribution in [0.3, 0.4) is 0 Å². The lowest BCUT2D eigenvalue weighted by Gasteiger charge is -2.22. The van der Waals surface area contributed by atoms with Crippen LogP contribution in [0.4, 0.5) is 5.69 Å². The van der Waals surface area contributed by atoms with Crippen LogP contribution in [-0.2, 0) is 16.0 Å². The first-order valence-electron chi connectivity index (χ1n) is 6.62. The van der Waals surface area contributed by atoms with E-state index in [4.69, 9.17) is 4.74 Å². The molecule has 0 fully saturated rings. The zero-order valence-electron chi connectivity index (χ0n) is 11.8. The van der Waals surface area contributed by atoms with Gasteiger partial charge in [0.15, 0.2) is 0 Å². The third kappa shape index (κ3) is 3.76. The number of hydrogen-bond donors (Lipinski definition) is 0. The molecule has 3 heteroatoms. The number of aryl methyl sites for hydroxylation is 1. The smallest absolute Gasteiger partial charge is 0.310 e. The molecule has 0 amide bonds. The van der Waals surface area contributed by atoms with Gasteiger partial charge in [0, 0.05) is 18.8 Å². The molecular weight excluding hydrogens is 226 g/mol. The van der Waals surface area contributed by atoms with Crippen molar-refractivity contribution in [1.29, 1.82) is 0 Å². The fourth-order valence-electron chi connectivity index (χ4n) is 2.00. The lowest BCUT2D eigenvalue weighted by molar-refractivity contribution is -0.142. The lowest BCUT2D eigenvalue weighted by Crippen LogP contribution is -2.22. The molecule has 0 bridgehead atoms. The third-order valence-corrected chi connectivity index (χ3v) is 3.10. The van der Waals surface area contributed by atoms with Crippen LogP contribution < -0.4 is 4.90 Å². The summed E-state index contributed by atoms with van der Waals surface area (Å²) in [6, 6.07) is 6.28. The number of rotatable bonds is 6. The summed E-state index contributed by atoms with van der Waals surface area (Å²) in [6.07, 6.45) is 0.356. The molecule has 0 unspecified atom stereocenters. The average molecular weight is 249 g/mol. The van der Waals surface area contributed by atoms with E-state index in [1.54, 1.807) is 0 Å². The minimum absolute atomic E-state index is 0.155. The molecule has 0 aliphatic heterocycles. The minimum atomic E-state index is -0.155. The zero-order chi connectivity index (χ0) is 13.5. The van der Waals surface area contributed by atoms with Crippen molar-refractivity contribution >= 4 is 11.7 Å². The maximum atomic E-state index is 11.5. The normalized spacial score (nSPS) is 10.2. The highest BCUT2D eigenvalue weighted by atomic mass is 16.5. The second-order valence-electron chi connectivity index (χ2n) is 4.26. The Labute approximate surface area is 110 Å². The van der Waals surface area contributed by atoms with Crippen LogP contribution in [-0.4, -0.2) is 25.7 Å². The number of nitrogens with zero attached hydrogens (tertiary/aromatic N) is 1. The second kappa shape index (κ2) is 7.04. The Morgan fingerprint density at radius 2 is 1.89 bits per heavy atom. The minimum Gasteiger partial charge on any atom is -0.466 e. The fraction of sp³-hybridized carbons (Fsp3) is 0.533. The first-order valence-corrected chi connectivity index (χ1v) is 6.62. The van der Waals surface area contributed by atoms with Crippen LogP contribution in [0.5, 0.6) is 0 Å². The molecule has 0 aliphatic carbocycles. The number of esters is 1. The van der Waals surface area contributed by atoms with Crippen LogP contribution in [0.2, 0.25) is 0 Å². The van der Waals surface area contributed by atoms with Crippen LogP contribution in [0, 0.1) is 6.92 Å². The van der Waals surface area contributed by atoms with E-state index in [1.807, 2.05) is 13.8 Å². The molecular formula is C15H23NO2. The Balaban J connectivity index is 2.90. The van der Waals surface area contributed by atoms with Gasteiger partial charge in [-0.1, -0.05) is 6.07 Å². The molecule has 100 valence electrons. The molecule has 0 aromatic heterocycles. The number of carbonyl (C=O) groups is 1. The lowest BCUT2D eigenvalue weighted by atomic mass is 10.0. The van der Waals surface area contributed by atoms with Crippen LogP contribution in [0.1, 0.15) is 31.9 Å². The highest BCUT2D eigenvalue weighted by molar-refractivity contribution is 5.73. The van der Waals surface area contributed by atoms with Gasteiger partial charge in [-0.3, -0.25) is 4.79 Å². The Bertz CT molecular complexity index is 397. The van der Waals surface area contributed by atoms with Gasteiger partial charge in [0.25, 0.3) is 0 Å². The average Bonchev–Trinajstić information content (AvgIpc) is 2.35. The molecule has 0 aliphatic rings. The summed E-state index contributed by atoms with van der Waals surface area (Å²) in [5.41, 5.74) is 3.36. The van der Waals surface area contributed by atoms with Gasteiger partial charge in [-0.05, 0) is 51.0 Å². The van der Waals surface area contributed by atoms with Crippen molar-refractivity contribution in [2.75, 3.05) is 24.6 Å². The van der Waals surface area contributed by atoms with Crippen LogP contribution >= 0.6 is 0 Å². The Morgan fingerprint density at radius 1 is 1.22 bits per heavy atom. The summed E-state index contributed by atoms with van der Waals surface area (Å²) in [7, 11) is 0. The van der Waals surface area contributed by atoms with Crippen molar-refractivity contribution in [2.24, 2.45) is 0 Å². The highest BCUT2D eigenvalue weighted by Gasteiger charge is 2.09. The maximum absolute atomic E-state index is 11.5. The summed E-state index contributed by atoms with van der Waals surface area (Å²) in [5.74, 6) is -0.155. The van der Waals surface area contributed by atoms with E-state index in [9.17, 15) is 4.79 Å². The molecule has 0 atom stereocenters. The van der Waals surface area contributed by atoms with E-state index in [-0.39, 0.29) is 5.97 Å². The number of anilines is 1. The largest absolute Gasteiger partial charge is 0.466 e. The molecule has 0 heterocycles. The number of carbonyl (C=O) groups excluding carboxylic acids is 1. The molecule has 1 aromatic rings. The molecule has 0 saturated carbocycles. The summed E-state index contributed by atoms with van der Waals surface area (Å²) in [4.78, 5) is 13.8. The topological polar surface area (TPSA) is 29.5 Å². The summed E-state index contributed by atoms with van der Waals surface area (Å²) in [5, 5.41) is 0. The van der Waals surface area contributed by atoms with Gasteiger partial charge >= 0.3 is 5.97 Å². The van der Waals surface area contributed by atoms with Crippen molar-refractivity contribution in [1.82, 2.24) is 0 Å². The van der Waals surface area contributed by atoms with Gasteiger partial charge in [-0.15, -0.1) is 0 Å². The second-order valence-corrected chi connectivity index (χ2v) is 4.26. The van der Waals surface area contributed by atoms with Gasteiger partial charge in [0.05, 0.1) is 13.0 Å². The fourth-order valence-corrected chi connectivity index (χ4v) is 2.00. The van der Waals surface area contributed by atoms with E-state index in [0.29, 0.717) is 13.0 Å². The van der Waals surface area contributed by atoms with Gasteiger partial charge in [0.1, 0.15) is 0 Å². The van der Waals surface area contributed by atoms with Gasteiger partial charge < -0.3 is 9.64 Å². The SMILES string of the molecule is CCOC(=O)Cc1cc(N(CC)CC)ccc1C. The Kier molecular flexibility index (Phi) is 5.69. The predicted molar refractivity (Wildman–Crippen MR) is 75.1 cm³/mol. The monoisotopic (exact) mass is 249 g/mol. The van der Waals surface area contributed by atoms with Crippen LogP contribution in [0.15, 0.2) is 18.2 Å². The van der Waals surface area contributed by atoms with E-state index < -0.39 is 0 Å². The van der Waals surface area contributed by atoms with E-state index in [2.05, 4.69) is 36.9 Å². The van der Waals surface area contributed by atoms with E-state index in [1.165, 1.54) is 5.69 Å². The van der Waals surface area contributed by atoms with Gasteiger partial charge in [-0.25, -0.2) is 0 Å². The first-order chi connectivity index (χ1) is 8.62. The number of benzene rings is 1. The first kappa shape index (κ1) is 14.6. The molecule has 18 heavy (non-hydrogen) atoms. The molecule has 1 rings (SSSR count). The molecule has 0 spiro atoms. The molecule has 1 aromatic carbocycles. The maximum Gasteiger partial charge on any atom is 0.310 e. The molecule has 0 saturated heterocycles. The standard InChI is InChI=1S/C15H23NO2/c1-5-16(6-2)14-9-8-12(4)13(10-14)11-15(17)18-7-3/h8-10H,5-7,11H2,1-4H3. The van der Waals surface area contributed by atoms with Crippen molar-refractivity contribution in [2.45, 2.75) is 34.1 Å². The number of hydrogen-bond acceptors (Lipinski definition) is 3. The van der Waals surface area contributed by atoms with Crippen molar-refractivity contribution in [3.63, 3.8) is 0 Å². The van der Waals surface area contributed by atoms with Crippen molar-refractivity contribution in [3.05, 3.63) is 29.3 Å².